The number of hydrogen-bond donors (Lipinski definition) is 3. The summed E-state index contributed by atoms with van der Waals surface area (Å²) in [6.07, 6.45) is 37.9. The largest absolute Gasteiger partial charge is 0.472 e. The van der Waals surface area contributed by atoms with E-state index in [9.17, 15) is 43.2 Å². The average molecular weight is 1240 g/mol. The molecular formula is C65H126O17P2. The first kappa shape index (κ1) is 82.1. The van der Waals surface area contributed by atoms with Gasteiger partial charge in [-0.2, -0.15) is 0 Å². The van der Waals surface area contributed by atoms with E-state index in [1.54, 1.807) is 0 Å². The molecule has 498 valence electrons. The standard InChI is InChI=1S/C65H126O17P2/c1-8-10-11-29-39-46-62(67)75-52-60(81-65(70)49-42-35-28-22-21-24-31-37-44-57(5)6)54-79-83(71,72)77-50-59(66)51-78-84(73,74)80-55-61(82-64(69)48-41-34-27-20-14-12-13-17-23-30-36-43-56(3)4)53-76-63(68)47-40-33-26-19-16-15-18-25-32-38-45-58(7)9-2/h56-61,66H,8-55H2,1-7H3,(H,71,72)(H,73,74)/t58?,59-,60+,61+/m0/s1. The van der Waals surface area contributed by atoms with Crippen molar-refractivity contribution in [2.75, 3.05) is 39.6 Å². The summed E-state index contributed by atoms with van der Waals surface area (Å²) in [5.41, 5.74) is 0. The van der Waals surface area contributed by atoms with Crippen molar-refractivity contribution in [3.8, 4) is 0 Å². The molecule has 0 saturated carbocycles. The van der Waals surface area contributed by atoms with Crippen molar-refractivity contribution in [3.63, 3.8) is 0 Å². The maximum absolute atomic E-state index is 13.0. The second-order valence-corrected chi connectivity index (χ2v) is 27.6. The van der Waals surface area contributed by atoms with E-state index in [0.717, 1.165) is 114 Å². The van der Waals surface area contributed by atoms with Gasteiger partial charge in [0.15, 0.2) is 12.2 Å². The molecule has 0 fully saturated rings. The van der Waals surface area contributed by atoms with Crippen molar-refractivity contribution >= 4 is 39.5 Å². The quantitative estimate of drug-likeness (QED) is 0.0222. The van der Waals surface area contributed by atoms with Crippen LogP contribution in [0.25, 0.3) is 0 Å². The Bertz CT molecular complexity index is 1670. The van der Waals surface area contributed by atoms with Crippen LogP contribution in [0.1, 0.15) is 318 Å². The van der Waals surface area contributed by atoms with Crippen LogP contribution in [-0.2, 0) is 65.4 Å². The second-order valence-electron chi connectivity index (χ2n) is 24.7. The zero-order valence-corrected chi connectivity index (χ0v) is 56.1. The molecule has 0 saturated heterocycles. The van der Waals surface area contributed by atoms with Crippen molar-refractivity contribution in [2.24, 2.45) is 17.8 Å². The molecule has 0 radical (unpaired) electrons. The first-order chi connectivity index (χ1) is 40.3. The van der Waals surface area contributed by atoms with Crippen LogP contribution < -0.4 is 0 Å². The Kier molecular flexibility index (Phi) is 55.0. The summed E-state index contributed by atoms with van der Waals surface area (Å²) in [5.74, 6) is 0.148. The third-order valence-corrected chi connectivity index (χ3v) is 17.1. The number of carbonyl (C=O) groups excluding carboxylic acids is 4. The number of aliphatic hydroxyl groups is 1. The lowest BCUT2D eigenvalue weighted by molar-refractivity contribution is -0.161. The van der Waals surface area contributed by atoms with Crippen LogP contribution in [0.5, 0.6) is 0 Å². The van der Waals surface area contributed by atoms with Gasteiger partial charge in [0.05, 0.1) is 26.4 Å². The van der Waals surface area contributed by atoms with E-state index in [0.29, 0.717) is 25.7 Å². The summed E-state index contributed by atoms with van der Waals surface area (Å²) in [6, 6.07) is 0. The summed E-state index contributed by atoms with van der Waals surface area (Å²) in [7, 11) is -9.88. The number of carbonyl (C=O) groups is 4. The lowest BCUT2D eigenvalue weighted by Crippen LogP contribution is -2.30. The number of phosphoric acid groups is 2. The lowest BCUT2D eigenvalue weighted by Gasteiger charge is -2.21. The Labute approximate surface area is 511 Å². The summed E-state index contributed by atoms with van der Waals surface area (Å²) in [4.78, 5) is 72.0. The molecule has 17 nitrogen and oxygen atoms in total. The molecule has 0 aliphatic heterocycles. The van der Waals surface area contributed by atoms with Crippen molar-refractivity contribution < 1.29 is 80.2 Å². The van der Waals surface area contributed by atoms with Crippen LogP contribution in [-0.4, -0.2) is 96.7 Å². The number of rotatable bonds is 63. The van der Waals surface area contributed by atoms with Crippen LogP contribution in [0.2, 0.25) is 0 Å². The Morgan fingerprint density at radius 3 is 0.905 bits per heavy atom. The summed E-state index contributed by atoms with van der Waals surface area (Å²) in [5, 5.41) is 10.5. The van der Waals surface area contributed by atoms with E-state index in [-0.39, 0.29) is 25.7 Å². The van der Waals surface area contributed by atoms with E-state index in [1.807, 2.05) is 0 Å². The van der Waals surface area contributed by atoms with Gasteiger partial charge in [0.1, 0.15) is 19.3 Å². The van der Waals surface area contributed by atoms with Crippen molar-refractivity contribution in [2.45, 2.75) is 336 Å². The molecule has 0 rings (SSSR count). The minimum absolute atomic E-state index is 0.103. The number of unbranched alkanes of at least 4 members (excludes halogenated alkanes) is 30. The van der Waals surface area contributed by atoms with Gasteiger partial charge in [0, 0.05) is 25.7 Å². The number of esters is 4. The second kappa shape index (κ2) is 56.3. The fraction of sp³-hybridized carbons (Fsp3) is 0.938. The molecular weight excluding hydrogens is 1110 g/mol. The topological polar surface area (TPSA) is 237 Å². The zero-order chi connectivity index (χ0) is 62.4. The average Bonchev–Trinajstić information content (AvgIpc) is 3.48. The first-order valence-corrected chi connectivity index (χ1v) is 36.9. The third-order valence-electron chi connectivity index (χ3n) is 15.2. The maximum atomic E-state index is 13.0. The highest BCUT2D eigenvalue weighted by molar-refractivity contribution is 7.47. The summed E-state index contributed by atoms with van der Waals surface area (Å²) < 4.78 is 67.9. The molecule has 0 aromatic carbocycles. The van der Waals surface area contributed by atoms with Crippen molar-refractivity contribution in [1.82, 2.24) is 0 Å². The summed E-state index contributed by atoms with van der Waals surface area (Å²) >= 11 is 0. The van der Waals surface area contributed by atoms with Gasteiger partial charge in [-0.05, 0) is 43.4 Å². The van der Waals surface area contributed by atoms with Crippen LogP contribution >= 0.6 is 15.6 Å². The van der Waals surface area contributed by atoms with E-state index in [1.165, 1.54) is 122 Å². The highest BCUT2D eigenvalue weighted by Crippen LogP contribution is 2.45. The van der Waals surface area contributed by atoms with Gasteiger partial charge in [-0.1, -0.05) is 267 Å². The number of aliphatic hydroxyl groups excluding tert-OH is 1. The van der Waals surface area contributed by atoms with Crippen LogP contribution in [0.3, 0.4) is 0 Å². The van der Waals surface area contributed by atoms with Crippen LogP contribution in [0.4, 0.5) is 0 Å². The molecule has 0 aromatic heterocycles. The highest BCUT2D eigenvalue weighted by Gasteiger charge is 2.30. The minimum atomic E-state index is -4.95. The Hall–Kier alpha value is -1.94. The molecule has 0 spiro atoms. The number of ether oxygens (including phenoxy) is 4. The predicted molar refractivity (Wildman–Crippen MR) is 335 cm³/mol. The predicted octanol–water partition coefficient (Wildman–Crippen LogP) is 17.9. The molecule has 84 heavy (non-hydrogen) atoms. The minimum Gasteiger partial charge on any atom is -0.462 e. The van der Waals surface area contributed by atoms with E-state index >= 15 is 0 Å². The van der Waals surface area contributed by atoms with Gasteiger partial charge < -0.3 is 33.8 Å². The first-order valence-electron chi connectivity index (χ1n) is 33.9. The Morgan fingerprint density at radius 2 is 0.607 bits per heavy atom. The highest BCUT2D eigenvalue weighted by atomic mass is 31.2. The smallest absolute Gasteiger partial charge is 0.462 e. The number of hydrogen-bond acceptors (Lipinski definition) is 15. The van der Waals surface area contributed by atoms with Crippen LogP contribution in [0.15, 0.2) is 0 Å². The van der Waals surface area contributed by atoms with Crippen LogP contribution in [0, 0.1) is 17.8 Å². The molecule has 0 aromatic rings. The Morgan fingerprint density at radius 1 is 0.345 bits per heavy atom. The normalized spacial score (nSPS) is 14.7. The molecule has 3 N–H and O–H groups in total. The fourth-order valence-corrected chi connectivity index (χ4v) is 11.2. The molecule has 0 aliphatic carbocycles. The third kappa shape index (κ3) is 57.8. The van der Waals surface area contributed by atoms with Crippen molar-refractivity contribution in [3.05, 3.63) is 0 Å². The van der Waals surface area contributed by atoms with Gasteiger partial charge >= 0.3 is 39.5 Å². The van der Waals surface area contributed by atoms with Gasteiger partial charge in [-0.15, -0.1) is 0 Å². The van der Waals surface area contributed by atoms with Gasteiger partial charge in [-0.25, -0.2) is 9.13 Å². The SMILES string of the molecule is CCCCCCCC(=O)OC[C@H](COP(=O)(O)OC[C@H](O)COP(=O)(O)OC[C@@H](COC(=O)CCCCCCCCCCCCC(C)CC)OC(=O)CCCCCCCCCCCCCC(C)C)OC(=O)CCCCCCCCCCC(C)C. The molecule has 0 bridgehead atoms. The van der Waals surface area contributed by atoms with Crippen molar-refractivity contribution in [1.29, 1.82) is 0 Å². The zero-order valence-electron chi connectivity index (χ0n) is 54.4. The number of phosphoric ester groups is 2. The monoisotopic (exact) mass is 1240 g/mol. The Balaban J connectivity index is 5.19. The molecule has 0 amide bonds. The fourth-order valence-electron chi connectivity index (χ4n) is 9.62. The summed E-state index contributed by atoms with van der Waals surface area (Å²) in [6.45, 7) is 11.7. The van der Waals surface area contributed by atoms with Gasteiger partial charge in [0.2, 0.25) is 0 Å². The maximum Gasteiger partial charge on any atom is 0.472 e. The molecule has 0 aliphatic rings. The molecule has 3 unspecified atom stereocenters. The molecule has 19 heteroatoms. The van der Waals surface area contributed by atoms with E-state index in [2.05, 4.69) is 48.5 Å². The van der Waals surface area contributed by atoms with Gasteiger partial charge in [0.25, 0.3) is 0 Å². The van der Waals surface area contributed by atoms with Gasteiger partial charge in [-0.3, -0.25) is 37.3 Å². The molecule has 0 heterocycles. The molecule has 6 atom stereocenters. The lowest BCUT2D eigenvalue weighted by atomic mass is 9.99. The van der Waals surface area contributed by atoms with E-state index in [4.69, 9.17) is 37.0 Å². The van der Waals surface area contributed by atoms with E-state index < -0.39 is 97.5 Å².